The molecule has 1 fully saturated rings. The molecule has 1 aliphatic rings. The van der Waals surface area contributed by atoms with E-state index in [0.717, 1.165) is 45.7 Å². The van der Waals surface area contributed by atoms with Gasteiger partial charge in [-0.25, -0.2) is 0 Å². The molecular weight excluding hydrogens is 338 g/mol. The number of hydrogen-bond acceptors (Lipinski definition) is 6. The first kappa shape index (κ1) is 20.0. The summed E-state index contributed by atoms with van der Waals surface area (Å²) in [5, 5.41) is 8.19. The zero-order valence-electron chi connectivity index (χ0n) is 17.5. The molecule has 0 radical (unpaired) electrons. The minimum Gasteiger partial charge on any atom is -0.424 e. The summed E-state index contributed by atoms with van der Waals surface area (Å²) < 4.78 is 5.65. The van der Waals surface area contributed by atoms with Crippen LogP contribution in [-0.2, 0) is 26.1 Å². The predicted molar refractivity (Wildman–Crippen MR) is 108 cm³/mol. The van der Waals surface area contributed by atoms with Crippen LogP contribution < -0.4 is 0 Å². The van der Waals surface area contributed by atoms with Crippen molar-refractivity contribution in [3.8, 4) is 0 Å². The Hall–Kier alpha value is -1.76. The Kier molecular flexibility index (Phi) is 6.63. The molecule has 0 amide bonds. The maximum absolute atomic E-state index is 5.65. The van der Waals surface area contributed by atoms with Gasteiger partial charge in [0.05, 0.1) is 6.54 Å². The van der Waals surface area contributed by atoms with Crippen molar-refractivity contribution >= 4 is 0 Å². The smallest absolute Gasteiger partial charge is 0.230 e. The van der Waals surface area contributed by atoms with Crippen LogP contribution >= 0.6 is 0 Å². The Morgan fingerprint density at radius 2 is 1.63 bits per heavy atom. The zero-order valence-corrected chi connectivity index (χ0v) is 17.5. The third kappa shape index (κ3) is 5.37. The van der Waals surface area contributed by atoms with E-state index in [9.17, 15) is 0 Å². The highest BCUT2D eigenvalue weighted by Crippen LogP contribution is 2.20. The van der Waals surface area contributed by atoms with E-state index in [-0.39, 0.29) is 0 Å². The van der Waals surface area contributed by atoms with Crippen molar-refractivity contribution < 1.29 is 4.42 Å². The minimum absolute atomic E-state index is 0.675. The van der Waals surface area contributed by atoms with Gasteiger partial charge in [-0.1, -0.05) is 19.1 Å². The van der Waals surface area contributed by atoms with Crippen molar-refractivity contribution in [3.05, 3.63) is 46.2 Å². The molecule has 27 heavy (non-hydrogen) atoms. The number of aryl methyl sites for hydroxylation is 3. The summed E-state index contributed by atoms with van der Waals surface area (Å²) in [5.41, 5.74) is 5.56. The highest BCUT2D eigenvalue weighted by Gasteiger charge is 2.16. The molecule has 148 valence electrons. The molecule has 0 unspecified atom stereocenters. The molecule has 0 saturated carbocycles. The fourth-order valence-corrected chi connectivity index (χ4v) is 3.61. The monoisotopic (exact) mass is 371 g/mol. The Morgan fingerprint density at radius 1 is 0.963 bits per heavy atom. The molecule has 6 heteroatoms. The maximum Gasteiger partial charge on any atom is 0.230 e. The molecule has 0 N–H and O–H groups in total. The van der Waals surface area contributed by atoms with Gasteiger partial charge in [-0.2, -0.15) is 0 Å². The van der Waals surface area contributed by atoms with Gasteiger partial charge in [-0.05, 0) is 50.2 Å². The fourth-order valence-electron chi connectivity index (χ4n) is 3.61. The van der Waals surface area contributed by atoms with Crippen molar-refractivity contribution in [2.75, 3.05) is 40.3 Å². The second-order valence-corrected chi connectivity index (χ2v) is 7.90. The number of rotatable bonds is 7. The van der Waals surface area contributed by atoms with E-state index >= 15 is 0 Å². The van der Waals surface area contributed by atoms with Crippen LogP contribution in [0.1, 0.15) is 41.0 Å². The van der Waals surface area contributed by atoms with Crippen molar-refractivity contribution in [1.29, 1.82) is 0 Å². The Labute approximate surface area is 163 Å². The van der Waals surface area contributed by atoms with E-state index in [4.69, 9.17) is 4.42 Å². The van der Waals surface area contributed by atoms with Gasteiger partial charge in [0.1, 0.15) is 0 Å². The molecule has 0 bridgehead atoms. The number of likely N-dealkylation sites (N-methyl/N-ethyl adjacent to an activating group) is 1. The van der Waals surface area contributed by atoms with Gasteiger partial charge in [0.2, 0.25) is 11.8 Å². The van der Waals surface area contributed by atoms with Crippen LogP contribution in [0.3, 0.4) is 0 Å². The first-order valence-electron chi connectivity index (χ1n) is 9.94. The van der Waals surface area contributed by atoms with Crippen molar-refractivity contribution in [1.82, 2.24) is 24.9 Å². The minimum atomic E-state index is 0.675. The van der Waals surface area contributed by atoms with E-state index < -0.39 is 0 Å². The third-order valence-electron chi connectivity index (χ3n) is 5.44. The van der Waals surface area contributed by atoms with Crippen molar-refractivity contribution in [2.24, 2.45) is 0 Å². The first-order valence-corrected chi connectivity index (χ1v) is 9.94. The summed E-state index contributed by atoms with van der Waals surface area (Å²) in [6.07, 6.45) is 0.781. The van der Waals surface area contributed by atoms with Crippen LogP contribution in [0.25, 0.3) is 0 Å². The number of benzene rings is 1. The van der Waals surface area contributed by atoms with Crippen LogP contribution in [0.15, 0.2) is 16.5 Å². The largest absolute Gasteiger partial charge is 0.424 e. The molecule has 6 nitrogen and oxygen atoms in total. The van der Waals surface area contributed by atoms with E-state index in [2.05, 4.69) is 65.0 Å². The van der Waals surface area contributed by atoms with Crippen LogP contribution in [0, 0.1) is 13.8 Å². The average Bonchev–Trinajstić information content (AvgIpc) is 3.08. The molecule has 1 aromatic carbocycles. The Morgan fingerprint density at radius 3 is 2.30 bits per heavy atom. The lowest BCUT2D eigenvalue weighted by Gasteiger charge is -2.33. The van der Waals surface area contributed by atoms with Crippen molar-refractivity contribution in [2.45, 2.75) is 46.8 Å². The van der Waals surface area contributed by atoms with Gasteiger partial charge in [-0.15, -0.1) is 10.2 Å². The summed E-state index contributed by atoms with van der Waals surface area (Å²) in [5.74, 6) is 1.40. The predicted octanol–water partition coefficient (Wildman–Crippen LogP) is 2.63. The SMILES string of the molecule is CCc1nnc(CN(C)Cc2cc(CN3CCN(C)CC3)c(C)cc2C)o1. The Balaban J connectivity index is 1.65. The van der Waals surface area contributed by atoms with E-state index in [1.165, 1.54) is 22.3 Å². The molecular formula is C21H33N5O. The first-order chi connectivity index (χ1) is 12.9. The van der Waals surface area contributed by atoms with E-state index in [1.807, 2.05) is 6.92 Å². The maximum atomic E-state index is 5.65. The third-order valence-corrected chi connectivity index (χ3v) is 5.44. The van der Waals surface area contributed by atoms with Crippen LogP contribution in [0.4, 0.5) is 0 Å². The molecule has 0 aliphatic carbocycles. The summed E-state index contributed by atoms with van der Waals surface area (Å²) >= 11 is 0. The van der Waals surface area contributed by atoms with Gasteiger partial charge in [0.25, 0.3) is 0 Å². The normalized spacial score (nSPS) is 16.4. The quantitative estimate of drug-likeness (QED) is 0.746. The fraction of sp³-hybridized carbons (Fsp3) is 0.619. The van der Waals surface area contributed by atoms with Gasteiger partial charge >= 0.3 is 0 Å². The molecule has 2 heterocycles. The Bertz CT molecular complexity index is 749. The second-order valence-electron chi connectivity index (χ2n) is 7.90. The van der Waals surface area contributed by atoms with Crippen LogP contribution in [0.5, 0.6) is 0 Å². The lowest BCUT2D eigenvalue weighted by Crippen LogP contribution is -2.44. The molecule has 1 saturated heterocycles. The summed E-state index contributed by atoms with van der Waals surface area (Å²) in [4.78, 5) is 7.21. The molecule has 1 aromatic heterocycles. The summed E-state index contributed by atoms with van der Waals surface area (Å²) in [6, 6.07) is 4.72. The van der Waals surface area contributed by atoms with Crippen LogP contribution in [-0.4, -0.2) is 65.2 Å². The zero-order chi connectivity index (χ0) is 19.4. The number of nitrogens with zero attached hydrogens (tertiary/aromatic N) is 5. The van der Waals surface area contributed by atoms with Gasteiger partial charge in [0.15, 0.2) is 0 Å². The molecule has 3 rings (SSSR count). The number of aromatic nitrogens is 2. The van der Waals surface area contributed by atoms with Gasteiger partial charge < -0.3 is 9.32 Å². The number of piperazine rings is 1. The van der Waals surface area contributed by atoms with E-state index in [1.54, 1.807) is 0 Å². The average molecular weight is 372 g/mol. The van der Waals surface area contributed by atoms with Crippen molar-refractivity contribution in [3.63, 3.8) is 0 Å². The summed E-state index contributed by atoms with van der Waals surface area (Å²) in [6.45, 7) is 13.7. The van der Waals surface area contributed by atoms with Crippen LogP contribution in [0.2, 0.25) is 0 Å². The lowest BCUT2D eigenvalue weighted by molar-refractivity contribution is 0.148. The number of hydrogen-bond donors (Lipinski definition) is 0. The second kappa shape index (κ2) is 8.95. The lowest BCUT2D eigenvalue weighted by atomic mass is 9.99. The molecule has 0 spiro atoms. The van der Waals surface area contributed by atoms with Gasteiger partial charge in [0, 0.05) is 45.7 Å². The highest BCUT2D eigenvalue weighted by atomic mass is 16.4. The molecule has 1 aliphatic heterocycles. The highest BCUT2D eigenvalue weighted by molar-refractivity contribution is 5.37. The van der Waals surface area contributed by atoms with E-state index in [0.29, 0.717) is 18.3 Å². The standard InChI is InChI=1S/C21H33N5O/c1-6-20-22-23-21(27-20)15-25(5)13-18-12-19(17(3)11-16(18)2)14-26-9-7-24(4)8-10-26/h11-12H,6-10,13-15H2,1-5H3. The van der Waals surface area contributed by atoms with Gasteiger partial charge in [-0.3, -0.25) is 9.80 Å². The topological polar surface area (TPSA) is 48.6 Å². The molecule has 0 atom stereocenters. The molecule has 2 aromatic rings. The summed E-state index contributed by atoms with van der Waals surface area (Å²) in [7, 11) is 4.31.